The van der Waals surface area contributed by atoms with Crippen molar-refractivity contribution in [2.24, 2.45) is 0 Å². The second-order valence-electron chi connectivity index (χ2n) is 7.40. The summed E-state index contributed by atoms with van der Waals surface area (Å²) < 4.78 is 0. The molecule has 3 aromatic heterocycles. The van der Waals surface area contributed by atoms with Crippen LogP contribution in [-0.4, -0.2) is 57.6 Å². The number of nitrogens with zero attached hydrogens (tertiary/aromatic N) is 5. The van der Waals surface area contributed by atoms with Gasteiger partial charge >= 0.3 is 0 Å². The number of hydrogen-bond donors (Lipinski definition) is 1. The molecule has 1 aliphatic heterocycles. The maximum Gasteiger partial charge on any atom is 0.225 e. The van der Waals surface area contributed by atoms with Crippen molar-refractivity contribution in [3.63, 3.8) is 0 Å². The lowest BCUT2D eigenvalue weighted by Crippen LogP contribution is -2.47. The van der Waals surface area contributed by atoms with Crippen molar-refractivity contribution in [3.05, 3.63) is 60.0 Å². The predicted octanol–water partition coefficient (Wildman–Crippen LogP) is 3.84. The molecule has 148 valence electrons. The lowest BCUT2D eigenvalue weighted by molar-refractivity contribution is 0.254. The van der Waals surface area contributed by atoms with Gasteiger partial charge < -0.3 is 9.88 Å². The van der Waals surface area contributed by atoms with Gasteiger partial charge in [0.1, 0.15) is 5.01 Å². The number of piperazine rings is 1. The molecule has 1 aromatic carbocycles. The Morgan fingerprint density at radius 2 is 1.83 bits per heavy atom. The van der Waals surface area contributed by atoms with Crippen molar-refractivity contribution in [1.29, 1.82) is 0 Å². The minimum Gasteiger partial charge on any atom is -0.361 e. The molecule has 1 saturated heterocycles. The Kier molecular flexibility index (Phi) is 5.23. The van der Waals surface area contributed by atoms with E-state index < -0.39 is 0 Å². The molecule has 0 amide bonds. The molecule has 0 radical (unpaired) electrons. The fraction of sp³-hybridized carbons (Fsp3) is 0.318. The molecule has 0 unspecified atom stereocenters. The second kappa shape index (κ2) is 8.31. The molecule has 4 heterocycles. The Labute approximate surface area is 174 Å². The number of aryl methyl sites for hydroxylation is 1. The maximum atomic E-state index is 4.57. The van der Waals surface area contributed by atoms with E-state index in [-0.39, 0.29) is 0 Å². The molecule has 4 aromatic rings. The first-order valence-electron chi connectivity index (χ1n) is 10.1. The normalized spacial score (nSPS) is 15.2. The van der Waals surface area contributed by atoms with E-state index in [0.717, 1.165) is 55.7 Å². The van der Waals surface area contributed by atoms with E-state index in [1.54, 1.807) is 11.3 Å². The quantitative estimate of drug-likeness (QED) is 0.529. The topological polar surface area (TPSA) is 60.9 Å². The maximum absolute atomic E-state index is 4.57. The number of hydrogen-bond acceptors (Lipinski definition) is 6. The zero-order chi connectivity index (χ0) is 19.5. The first-order valence-corrected chi connectivity index (χ1v) is 11.0. The van der Waals surface area contributed by atoms with Gasteiger partial charge in [0.25, 0.3) is 0 Å². The highest BCUT2D eigenvalue weighted by Crippen LogP contribution is 2.22. The van der Waals surface area contributed by atoms with E-state index in [1.807, 2.05) is 24.0 Å². The van der Waals surface area contributed by atoms with E-state index in [2.05, 4.69) is 60.2 Å². The highest BCUT2D eigenvalue weighted by Gasteiger charge is 2.19. The third kappa shape index (κ3) is 4.02. The molecule has 29 heavy (non-hydrogen) atoms. The summed E-state index contributed by atoms with van der Waals surface area (Å²) >= 11 is 1.61. The Bertz CT molecular complexity index is 1050. The molecule has 0 atom stereocenters. The van der Waals surface area contributed by atoms with Gasteiger partial charge in [0, 0.05) is 72.8 Å². The summed E-state index contributed by atoms with van der Waals surface area (Å²) in [4.78, 5) is 21.7. The number of aromatic nitrogens is 4. The average Bonchev–Trinajstić information content (AvgIpc) is 3.45. The molecule has 6 nitrogen and oxygen atoms in total. The van der Waals surface area contributed by atoms with Gasteiger partial charge in [0.15, 0.2) is 0 Å². The van der Waals surface area contributed by atoms with Gasteiger partial charge in [-0.2, -0.15) is 0 Å². The van der Waals surface area contributed by atoms with Crippen LogP contribution in [0.25, 0.3) is 21.5 Å². The van der Waals surface area contributed by atoms with Crippen molar-refractivity contribution in [2.45, 2.75) is 12.8 Å². The Morgan fingerprint density at radius 3 is 2.62 bits per heavy atom. The Morgan fingerprint density at radius 1 is 1.00 bits per heavy atom. The summed E-state index contributed by atoms with van der Waals surface area (Å²) in [6.07, 6.45) is 10.0. The predicted molar refractivity (Wildman–Crippen MR) is 118 cm³/mol. The van der Waals surface area contributed by atoms with Gasteiger partial charge in [-0.05, 0) is 31.0 Å². The lowest BCUT2D eigenvalue weighted by atomic mass is 10.1. The van der Waals surface area contributed by atoms with Crippen molar-refractivity contribution < 1.29 is 0 Å². The average molecular weight is 405 g/mol. The van der Waals surface area contributed by atoms with Gasteiger partial charge in [-0.25, -0.2) is 15.0 Å². The van der Waals surface area contributed by atoms with Gasteiger partial charge in [-0.1, -0.05) is 18.2 Å². The number of fused-ring (bicyclic) bond motifs is 1. The van der Waals surface area contributed by atoms with Crippen LogP contribution >= 0.6 is 11.3 Å². The molecule has 5 rings (SSSR count). The van der Waals surface area contributed by atoms with Crippen LogP contribution < -0.4 is 4.90 Å². The molecular formula is C22H24N6S. The zero-order valence-electron chi connectivity index (χ0n) is 16.3. The summed E-state index contributed by atoms with van der Waals surface area (Å²) in [5.41, 5.74) is 3.64. The van der Waals surface area contributed by atoms with Crippen LogP contribution in [0.2, 0.25) is 0 Å². The summed E-state index contributed by atoms with van der Waals surface area (Å²) in [6, 6.07) is 8.55. The second-order valence-corrected chi connectivity index (χ2v) is 8.30. The smallest absolute Gasteiger partial charge is 0.225 e. The van der Waals surface area contributed by atoms with E-state index in [1.165, 1.54) is 22.9 Å². The highest BCUT2D eigenvalue weighted by molar-refractivity contribution is 7.13. The summed E-state index contributed by atoms with van der Waals surface area (Å²) in [5.74, 6) is 0.823. The number of thiazole rings is 1. The standard InChI is InChI=1S/C22H24N6S/c1-2-6-20-19(5-1)17(14-24-20)4-3-8-27-9-11-28(12-10-27)22-25-15-18(16-26-22)21-23-7-13-29-21/h1-2,5-7,13-16,24H,3-4,8-12H2. The van der Waals surface area contributed by atoms with Gasteiger partial charge in [0.05, 0.1) is 0 Å². The molecule has 0 bridgehead atoms. The number of H-pyrrole nitrogens is 1. The summed E-state index contributed by atoms with van der Waals surface area (Å²) in [5, 5.41) is 4.30. The molecular weight excluding hydrogens is 380 g/mol. The van der Waals surface area contributed by atoms with Gasteiger partial charge in [0.2, 0.25) is 5.95 Å². The van der Waals surface area contributed by atoms with E-state index in [0.29, 0.717) is 0 Å². The lowest BCUT2D eigenvalue weighted by Gasteiger charge is -2.34. The largest absolute Gasteiger partial charge is 0.361 e. The zero-order valence-corrected chi connectivity index (χ0v) is 17.1. The first kappa shape index (κ1) is 18.3. The highest BCUT2D eigenvalue weighted by atomic mass is 32.1. The number of rotatable bonds is 6. The van der Waals surface area contributed by atoms with E-state index >= 15 is 0 Å². The Hall–Kier alpha value is -2.77. The molecule has 0 aliphatic carbocycles. The molecule has 1 aliphatic rings. The summed E-state index contributed by atoms with van der Waals surface area (Å²) in [7, 11) is 0. The van der Waals surface area contributed by atoms with Crippen molar-refractivity contribution in [1.82, 2.24) is 24.8 Å². The van der Waals surface area contributed by atoms with Crippen LogP contribution in [0.15, 0.2) is 54.4 Å². The van der Waals surface area contributed by atoms with Crippen molar-refractivity contribution in [3.8, 4) is 10.6 Å². The van der Waals surface area contributed by atoms with Gasteiger partial charge in [-0.15, -0.1) is 11.3 Å². The van der Waals surface area contributed by atoms with Crippen LogP contribution in [0, 0.1) is 0 Å². The Balaban J connectivity index is 1.11. The number of anilines is 1. The van der Waals surface area contributed by atoms with Crippen molar-refractivity contribution in [2.75, 3.05) is 37.6 Å². The third-order valence-electron chi connectivity index (χ3n) is 5.57. The molecule has 1 N–H and O–H groups in total. The van der Waals surface area contributed by atoms with E-state index in [4.69, 9.17) is 0 Å². The van der Waals surface area contributed by atoms with Crippen LogP contribution in [0.5, 0.6) is 0 Å². The minimum atomic E-state index is 0.823. The fourth-order valence-corrected chi connectivity index (χ4v) is 4.58. The van der Waals surface area contributed by atoms with Crippen LogP contribution in [0.3, 0.4) is 0 Å². The van der Waals surface area contributed by atoms with Crippen LogP contribution in [0.4, 0.5) is 5.95 Å². The fourth-order valence-electron chi connectivity index (χ4n) is 3.96. The van der Waals surface area contributed by atoms with E-state index in [9.17, 15) is 0 Å². The third-order valence-corrected chi connectivity index (χ3v) is 6.39. The number of para-hydroxylation sites is 1. The number of nitrogens with one attached hydrogen (secondary N) is 1. The number of aromatic amines is 1. The minimum absolute atomic E-state index is 0.823. The molecule has 7 heteroatoms. The SMILES string of the molecule is c1ccc2c(CCCN3CCN(c4ncc(-c5nccs5)cn4)CC3)c[nH]c2c1. The van der Waals surface area contributed by atoms with Crippen LogP contribution in [-0.2, 0) is 6.42 Å². The first-order chi connectivity index (χ1) is 14.4. The summed E-state index contributed by atoms with van der Waals surface area (Å²) in [6.45, 7) is 5.21. The molecule has 1 fully saturated rings. The van der Waals surface area contributed by atoms with Crippen LogP contribution in [0.1, 0.15) is 12.0 Å². The van der Waals surface area contributed by atoms with Crippen molar-refractivity contribution >= 4 is 28.2 Å². The monoisotopic (exact) mass is 404 g/mol. The molecule has 0 spiro atoms. The van der Waals surface area contributed by atoms with Gasteiger partial charge in [-0.3, -0.25) is 4.90 Å². The molecule has 0 saturated carbocycles. The number of benzene rings is 1.